The largest absolute Gasteiger partial charge is 0.349 e. The highest BCUT2D eigenvalue weighted by Crippen LogP contribution is 2.27. The van der Waals surface area contributed by atoms with Gasteiger partial charge in [0.15, 0.2) is 23.3 Å². The lowest BCUT2D eigenvalue weighted by Crippen LogP contribution is -2.46. The van der Waals surface area contributed by atoms with Crippen LogP contribution >= 0.6 is 0 Å². The summed E-state index contributed by atoms with van der Waals surface area (Å²) in [5.41, 5.74) is -1.43. The fourth-order valence-electron chi connectivity index (χ4n) is 3.13. The monoisotopic (exact) mass is 350 g/mol. The SMILES string of the molecule is CN(C)CC1CCCCC1NC(=O)c1c(F)c(F)c(F)c(F)c1F. The van der Waals surface area contributed by atoms with E-state index in [1.165, 1.54) is 0 Å². The lowest BCUT2D eigenvalue weighted by molar-refractivity contribution is 0.0883. The van der Waals surface area contributed by atoms with Gasteiger partial charge < -0.3 is 10.2 Å². The molecule has 0 bridgehead atoms. The topological polar surface area (TPSA) is 32.3 Å². The minimum absolute atomic E-state index is 0.0546. The summed E-state index contributed by atoms with van der Waals surface area (Å²) in [6.07, 6.45) is 3.21. The Labute approximate surface area is 136 Å². The molecule has 8 heteroatoms. The molecule has 1 saturated carbocycles. The van der Waals surface area contributed by atoms with Crippen LogP contribution < -0.4 is 5.32 Å². The standard InChI is InChI=1S/C16H19F5N2O/c1-23(2)7-8-5-3-4-6-9(8)22-16(24)10-11(17)13(19)15(21)14(20)12(10)18/h8-9H,3-7H2,1-2H3,(H,22,24). The van der Waals surface area contributed by atoms with Gasteiger partial charge >= 0.3 is 0 Å². The molecule has 0 spiro atoms. The van der Waals surface area contributed by atoms with Gasteiger partial charge in [0, 0.05) is 12.6 Å². The van der Waals surface area contributed by atoms with E-state index in [1.807, 2.05) is 19.0 Å². The minimum Gasteiger partial charge on any atom is -0.349 e. The highest BCUT2D eigenvalue weighted by molar-refractivity contribution is 5.95. The van der Waals surface area contributed by atoms with Crippen LogP contribution in [0.2, 0.25) is 0 Å². The number of carbonyl (C=O) groups is 1. The number of carbonyl (C=O) groups excluding carboxylic acids is 1. The van der Waals surface area contributed by atoms with Crippen molar-refractivity contribution in [3.8, 4) is 0 Å². The van der Waals surface area contributed by atoms with Crippen LogP contribution in [0.1, 0.15) is 36.0 Å². The summed E-state index contributed by atoms with van der Waals surface area (Å²) in [7, 11) is 3.72. The van der Waals surface area contributed by atoms with Crippen molar-refractivity contribution < 1.29 is 26.7 Å². The maximum absolute atomic E-state index is 13.7. The molecule has 2 unspecified atom stereocenters. The van der Waals surface area contributed by atoms with E-state index < -0.39 is 40.6 Å². The molecule has 1 N–H and O–H groups in total. The number of amides is 1. The van der Waals surface area contributed by atoms with Crippen molar-refractivity contribution in [2.45, 2.75) is 31.7 Å². The zero-order valence-corrected chi connectivity index (χ0v) is 13.4. The van der Waals surface area contributed by atoms with E-state index in [0.29, 0.717) is 13.0 Å². The van der Waals surface area contributed by atoms with Crippen molar-refractivity contribution in [2.24, 2.45) is 5.92 Å². The molecular formula is C16H19F5N2O. The Morgan fingerprint density at radius 1 is 0.958 bits per heavy atom. The lowest BCUT2D eigenvalue weighted by Gasteiger charge is -2.34. The molecule has 0 radical (unpaired) electrons. The molecule has 1 fully saturated rings. The van der Waals surface area contributed by atoms with Gasteiger partial charge in [-0.1, -0.05) is 12.8 Å². The summed E-state index contributed by atoms with van der Waals surface area (Å²) in [4.78, 5) is 14.1. The summed E-state index contributed by atoms with van der Waals surface area (Å²) < 4.78 is 67.0. The van der Waals surface area contributed by atoms with Crippen molar-refractivity contribution in [3.63, 3.8) is 0 Å². The molecule has 0 aliphatic heterocycles. The van der Waals surface area contributed by atoms with Crippen molar-refractivity contribution >= 4 is 5.91 Å². The lowest BCUT2D eigenvalue weighted by atomic mass is 9.84. The molecule has 2 atom stereocenters. The predicted octanol–water partition coefficient (Wildman–Crippen LogP) is 3.23. The van der Waals surface area contributed by atoms with Gasteiger partial charge in [-0.25, -0.2) is 22.0 Å². The Kier molecular flexibility index (Phi) is 5.79. The molecule has 3 nitrogen and oxygen atoms in total. The van der Waals surface area contributed by atoms with Gasteiger partial charge in [-0.3, -0.25) is 4.79 Å². The average Bonchev–Trinajstić information content (AvgIpc) is 2.52. The Balaban J connectivity index is 2.26. The number of benzene rings is 1. The molecule has 1 aromatic rings. The fourth-order valence-corrected chi connectivity index (χ4v) is 3.13. The molecule has 1 amide bonds. The van der Waals surface area contributed by atoms with Crippen molar-refractivity contribution in [1.29, 1.82) is 0 Å². The van der Waals surface area contributed by atoms with Crippen LogP contribution in [0.25, 0.3) is 0 Å². The highest BCUT2D eigenvalue weighted by Gasteiger charge is 2.33. The maximum atomic E-state index is 13.7. The molecular weight excluding hydrogens is 331 g/mol. The number of rotatable bonds is 4. The van der Waals surface area contributed by atoms with Crippen LogP contribution in [0.3, 0.4) is 0 Å². The van der Waals surface area contributed by atoms with Gasteiger partial charge in [0.05, 0.1) is 0 Å². The van der Waals surface area contributed by atoms with E-state index in [-0.39, 0.29) is 12.0 Å². The van der Waals surface area contributed by atoms with Gasteiger partial charge in [0.2, 0.25) is 5.82 Å². The summed E-state index contributed by atoms with van der Waals surface area (Å²) >= 11 is 0. The zero-order chi connectivity index (χ0) is 18.0. The fraction of sp³-hybridized carbons (Fsp3) is 0.562. The summed E-state index contributed by atoms with van der Waals surface area (Å²) in [6.45, 7) is 0.655. The quantitative estimate of drug-likeness (QED) is 0.514. The van der Waals surface area contributed by atoms with Gasteiger partial charge in [-0.2, -0.15) is 0 Å². The molecule has 0 heterocycles. The Bertz CT molecular complexity index is 606. The Morgan fingerprint density at radius 2 is 1.46 bits per heavy atom. The first-order valence-electron chi connectivity index (χ1n) is 7.71. The second kappa shape index (κ2) is 7.46. The molecule has 24 heavy (non-hydrogen) atoms. The molecule has 0 saturated heterocycles. The normalized spacial score (nSPS) is 21.2. The van der Waals surface area contributed by atoms with Crippen molar-refractivity contribution in [1.82, 2.24) is 10.2 Å². The number of halogens is 5. The molecule has 2 rings (SSSR count). The minimum atomic E-state index is -2.27. The third-order valence-corrected chi connectivity index (χ3v) is 4.26. The van der Waals surface area contributed by atoms with Crippen LogP contribution in [0.15, 0.2) is 0 Å². The first-order valence-corrected chi connectivity index (χ1v) is 7.71. The summed E-state index contributed by atoms with van der Waals surface area (Å²) in [5.74, 6) is -11.9. The first-order chi connectivity index (χ1) is 11.2. The Morgan fingerprint density at radius 3 is 2.00 bits per heavy atom. The van der Waals surface area contributed by atoms with E-state index >= 15 is 0 Å². The third kappa shape index (κ3) is 3.68. The van der Waals surface area contributed by atoms with E-state index in [0.717, 1.165) is 19.3 Å². The summed E-state index contributed by atoms with van der Waals surface area (Å²) in [5, 5.41) is 2.44. The molecule has 1 aliphatic carbocycles. The zero-order valence-electron chi connectivity index (χ0n) is 13.4. The molecule has 134 valence electrons. The highest BCUT2D eigenvalue weighted by atomic mass is 19.2. The van der Waals surface area contributed by atoms with E-state index in [9.17, 15) is 26.7 Å². The average molecular weight is 350 g/mol. The smallest absolute Gasteiger partial charge is 0.257 e. The third-order valence-electron chi connectivity index (χ3n) is 4.26. The van der Waals surface area contributed by atoms with E-state index in [4.69, 9.17) is 0 Å². The number of hydrogen-bond acceptors (Lipinski definition) is 2. The number of nitrogens with zero attached hydrogens (tertiary/aromatic N) is 1. The second-order valence-electron chi connectivity index (χ2n) is 6.33. The van der Waals surface area contributed by atoms with Gasteiger partial charge in [-0.05, 0) is 32.9 Å². The second-order valence-corrected chi connectivity index (χ2v) is 6.33. The van der Waals surface area contributed by atoms with Crippen LogP contribution in [-0.2, 0) is 0 Å². The first kappa shape index (κ1) is 18.6. The number of nitrogens with one attached hydrogen (secondary N) is 1. The molecule has 0 aromatic heterocycles. The predicted molar refractivity (Wildman–Crippen MR) is 78.0 cm³/mol. The van der Waals surface area contributed by atoms with E-state index in [2.05, 4.69) is 5.32 Å². The van der Waals surface area contributed by atoms with Crippen molar-refractivity contribution in [2.75, 3.05) is 20.6 Å². The van der Waals surface area contributed by atoms with Gasteiger partial charge in [-0.15, -0.1) is 0 Å². The maximum Gasteiger partial charge on any atom is 0.257 e. The molecule has 1 aromatic carbocycles. The van der Waals surface area contributed by atoms with E-state index in [1.54, 1.807) is 0 Å². The Hall–Kier alpha value is -1.70. The van der Waals surface area contributed by atoms with Crippen LogP contribution in [0.5, 0.6) is 0 Å². The van der Waals surface area contributed by atoms with Gasteiger partial charge in [0.1, 0.15) is 5.56 Å². The van der Waals surface area contributed by atoms with Crippen molar-refractivity contribution in [3.05, 3.63) is 34.6 Å². The van der Waals surface area contributed by atoms with Crippen LogP contribution in [0.4, 0.5) is 22.0 Å². The number of hydrogen-bond donors (Lipinski definition) is 1. The van der Waals surface area contributed by atoms with Crippen LogP contribution in [0, 0.1) is 35.0 Å². The van der Waals surface area contributed by atoms with Gasteiger partial charge in [0.25, 0.3) is 5.91 Å². The summed E-state index contributed by atoms with van der Waals surface area (Å²) in [6, 6.07) is -0.372. The molecule has 1 aliphatic rings. The van der Waals surface area contributed by atoms with Crippen LogP contribution in [-0.4, -0.2) is 37.5 Å².